The van der Waals surface area contributed by atoms with Crippen LogP contribution in [0.2, 0.25) is 0 Å². The molecule has 1 atom stereocenters. The number of aliphatic hydroxyl groups is 1. The molecule has 0 heterocycles. The number of halogens is 2. The van der Waals surface area contributed by atoms with Crippen molar-refractivity contribution in [1.82, 2.24) is 0 Å². The van der Waals surface area contributed by atoms with Gasteiger partial charge in [0.05, 0.1) is 6.54 Å². The molecular weight excluding hydrogens is 412 g/mol. The Kier molecular flexibility index (Phi) is 8.35. The second kappa shape index (κ2) is 10.0. The van der Waals surface area contributed by atoms with Crippen molar-refractivity contribution in [3.8, 4) is 5.75 Å². The zero-order valence-electron chi connectivity index (χ0n) is 12.4. The molecule has 5 nitrogen and oxygen atoms in total. The molecule has 1 unspecified atom stereocenters. The van der Waals surface area contributed by atoms with E-state index >= 15 is 0 Å². The first-order valence-electron chi connectivity index (χ1n) is 6.82. The van der Waals surface area contributed by atoms with Crippen LogP contribution in [0.4, 0.5) is 10.1 Å². The summed E-state index contributed by atoms with van der Waals surface area (Å²) >= 11 is 0. The fourth-order valence-electron chi connectivity index (χ4n) is 1.69. The molecule has 0 fully saturated rings. The fraction of sp³-hybridized carbons (Fsp3) is 0.188. The Bertz CT molecular complexity index is 608. The molecule has 0 amide bonds. The van der Waals surface area contributed by atoms with Crippen LogP contribution in [0.3, 0.4) is 0 Å². The molecule has 0 saturated heterocycles. The van der Waals surface area contributed by atoms with Crippen molar-refractivity contribution in [1.29, 1.82) is 0 Å². The molecule has 0 spiro atoms. The highest BCUT2D eigenvalue weighted by atomic mass is 127. The van der Waals surface area contributed by atoms with Crippen molar-refractivity contribution in [3.05, 3.63) is 60.4 Å². The molecule has 2 aromatic rings. The molecule has 7 heteroatoms. The third-order valence-corrected chi connectivity index (χ3v) is 2.77. The summed E-state index contributed by atoms with van der Waals surface area (Å²) in [5, 5.41) is 12.7. The molecule has 2 aromatic carbocycles. The molecule has 0 bridgehead atoms. The predicted octanol–water partition coefficient (Wildman–Crippen LogP) is 2.61. The number of guanidine groups is 1. The van der Waals surface area contributed by atoms with Crippen LogP contribution in [-0.4, -0.2) is 30.3 Å². The number of aliphatic imine (C=N–C) groups is 1. The lowest BCUT2D eigenvalue weighted by molar-refractivity contribution is 0.114. The van der Waals surface area contributed by atoms with Gasteiger partial charge >= 0.3 is 0 Å². The quantitative estimate of drug-likeness (QED) is 0.373. The molecule has 0 radical (unpaired) electrons. The molecule has 0 aliphatic carbocycles. The standard InChI is InChI=1S/C16H18FN3O2.HI/c17-12-6-8-15(9-7-12)22-11-14(21)10-19-16(18)20-13-4-2-1-3-5-13;/h1-9,14,21H,10-11H2,(H3,18,19,20);1H. The van der Waals surface area contributed by atoms with Crippen molar-refractivity contribution in [2.45, 2.75) is 6.10 Å². The van der Waals surface area contributed by atoms with E-state index in [-0.39, 0.29) is 48.9 Å². The summed E-state index contributed by atoms with van der Waals surface area (Å²) in [7, 11) is 0. The minimum absolute atomic E-state index is 0. The fourth-order valence-corrected chi connectivity index (χ4v) is 1.69. The lowest BCUT2D eigenvalue weighted by atomic mass is 10.3. The van der Waals surface area contributed by atoms with Crippen LogP contribution < -0.4 is 15.8 Å². The number of nitrogens with one attached hydrogen (secondary N) is 1. The largest absolute Gasteiger partial charge is 0.491 e. The van der Waals surface area contributed by atoms with E-state index in [0.29, 0.717) is 5.75 Å². The van der Waals surface area contributed by atoms with Gasteiger partial charge in [-0.1, -0.05) is 18.2 Å². The summed E-state index contributed by atoms with van der Waals surface area (Å²) in [6.45, 7) is 0.153. The highest BCUT2D eigenvalue weighted by Gasteiger charge is 2.05. The molecule has 23 heavy (non-hydrogen) atoms. The maximum atomic E-state index is 12.7. The summed E-state index contributed by atoms with van der Waals surface area (Å²) in [6, 6.07) is 14.9. The summed E-state index contributed by atoms with van der Waals surface area (Å²) in [5.74, 6) is 0.365. The van der Waals surface area contributed by atoms with E-state index < -0.39 is 6.10 Å². The highest BCUT2D eigenvalue weighted by molar-refractivity contribution is 14.0. The molecule has 4 N–H and O–H groups in total. The first-order valence-corrected chi connectivity index (χ1v) is 6.82. The van der Waals surface area contributed by atoms with Crippen molar-refractivity contribution >= 4 is 35.6 Å². The number of rotatable bonds is 6. The van der Waals surface area contributed by atoms with Crippen molar-refractivity contribution in [2.24, 2.45) is 10.7 Å². The van der Waals surface area contributed by atoms with Gasteiger partial charge in [0, 0.05) is 5.69 Å². The van der Waals surface area contributed by atoms with Gasteiger partial charge in [-0.2, -0.15) is 0 Å². The zero-order valence-corrected chi connectivity index (χ0v) is 14.7. The van der Waals surface area contributed by atoms with Crippen LogP contribution in [0.1, 0.15) is 0 Å². The van der Waals surface area contributed by atoms with Gasteiger partial charge in [0.2, 0.25) is 0 Å². The Balaban J connectivity index is 0.00000264. The molecule has 0 aromatic heterocycles. The number of nitrogens with two attached hydrogens (primary N) is 1. The van der Waals surface area contributed by atoms with Crippen LogP contribution in [-0.2, 0) is 0 Å². The first kappa shape index (κ1) is 19.2. The van der Waals surface area contributed by atoms with E-state index in [4.69, 9.17) is 10.5 Å². The molecule has 0 aliphatic rings. The summed E-state index contributed by atoms with van der Waals surface area (Å²) < 4.78 is 18.1. The number of hydrogen-bond acceptors (Lipinski definition) is 3. The monoisotopic (exact) mass is 431 g/mol. The van der Waals surface area contributed by atoms with Crippen LogP contribution >= 0.6 is 24.0 Å². The minimum atomic E-state index is -0.804. The summed E-state index contributed by atoms with van der Waals surface area (Å²) in [4.78, 5) is 4.04. The summed E-state index contributed by atoms with van der Waals surface area (Å²) in [5.41, 5.74) is 6.54. The third kappa shape index (κ3) is 7.29. The Morgan fingerprint density at radius 3 is 2.48 bits per heavy atom. The second-order valence-electron chi connectivity index (χ2n) is 4.64. The molecular formula is C16H19FIN3O2. The van der Waals surface area contributed by atoms with Gasteiger partial charge in [0.15, 0.2) is 5.96 Å². The van der Waals surface area contributed by atoms with Crippen molar-refractivity contribution < 1.29 is 14.2 Å². The van der Waals surface area contributed by atoms with Crippen molar-refractivity contribution in [2.75, 3.05) is 18.5 Å². The molecule has 0 aliphatic heterocycles. The van der Waals surface area contributed by atoms with Gasteiger partial charge in [-0.15, -0.1) is 24.0 Å². The predicted molar refractivity (Wildman–Crippen MR) is 99.9 cm³/mol. The molecule has 2 rings (SSSR count). The van der Waals surface area contributed by atoms with Crippen LogP contribution in [0.25, 0.3) is 0 Å². The Labute approximate surface area is 151 Å². The average Bonchev–Trinajstić information content (AvgIpc) is 2.53. The van der Waals surface area contributed by atoms with E-state index in [1.807, 2.05) is 30.3 Å². The van der Waals surface area contributed by atoms with Crippen LogP contribution in [0, 0.1) is 5.82 Å². The van der Waals surface area contributed by atoms with Gasteiger partial charge in [-0.05, 0) is 36.4 Å². The topological polar surface area (TPSA) is 79.9 Å². The summed E-state index contributed by atoms with van der Waals surface area (Å²) in [6.07, 6.45) is -0.804. The number of anilines is 1. The molecule has 124 valence electrons. The van der Waals surface area contributed by atoms with E-state index in [2.05, 4.69) is 10.3 Å². The molecule has 0 saturated carbocycles. The van der Waals surface area contributed by atoms with E-state index in [1.54, 1.807) is 0 Å². The number of para-hydroxylation sites is 1. The number of benzene rings is 2. The maximum absolute atomic E-state index is 12.7. The maximum Gasteiger partial charge on any atom is 0.193 e. The van der Waals surface area contributed by atoms with Gasteiger partial charge in [-0.25, -0.2) is 4.39 Å². The number of hydrogen-bond donors (Lipinski definition) is 3. The number of ether oxygens (including phenoxy) is 1. The van der Waals surface area contributed by atoms with E-state index in [0.717, 1.165) is 5.69 Å². The minimum Gasteiger partial charge on any atom is -0.491 e. The lowest BCUT2D eigenvalue weighted by Gasteiger charge is -2.11. The van der Waals surface area contributed by atoms with E-state index in [9.17, 15) is 9.50 Å². The second-order valence-corrected chi connectivity index (χ2v) is 4.64. The number of nitrogens with zero attached hydrogens (tertiary/aromatic N) is 1. The van der Waals surface area contributed by atoms with E-state index in [1.165, 1.54) is 24.3 Å². The number of aliphatic hydroxyl groups excluding tert-OH is 1. The SMILES string of the molecule is I.NC(=NCC(O)COc1ccc(F)cc1)Nc1ccccc1. The van der Waals surface area contributed by atoms with Crippen LogP contribution in [0.15, 0.2) is 59.6 Å². The van der Waals surface area contributed by atoms with Gasteiger partial charge in [0.25, 0.3) is 0 Å². The Morgan fingerprint density at radius 2 is 1.83 bits per heavy atom. The smallest absolute Gasteiger partial charge is 0.193 e. The Morgan fingerprint density at radius 1 is 1.17 bits per heavy atom. The highest BCUT2D eigenvalue weighted by Crippen LogP contribution is 2.11. The van der Waals surface area contributed by atoms with Crippen molar-refractivity contribution in [3.63, 3.8) is 0 Å². The third-order valence-electron chi connectivity index (χ3n) is 2.77. The van der Waals surface area contributed by atoms with Gasteiger partial charge < -0.3 is 20.9 Å². The lowest BCUT2D eigenvalue weighted by Crippen LogP contribution is -2.27. The Hall–Kier alpha value is -1.87. The normalized spacial score (nSPS) is 12.2. The zero-order chi connectivity index (χ0) is 15.8. The van der Waals surface area contributed by atoms with Gasteiger partial charge in [0.1, 0.15) is 24.3 Å². The average molecular weight is 431 g/mol. The van der Waals surface area contributed by atoms with Gasteiger partial charge in [-0.3, -0.25) is 4.99 Å². The first-order chi connectivity index (χ1) is 10.6. The van der Waals surface area contributed by atoms with Crippen LogP contribution in [0.5, 0.6) is 5.75 Å².